The molecule has 3 rings (SSSR count). The summed E-state index contributed by atoms with van der Waals surface area (Å²) < 4.78 is 0. The van der Waals surface area contributed by atoms with Crippen LogP contribution in [0.2, 0.25) is 5.02 Å². The predicted octanol–water partition coefficient (Wildman–Crippen LogP) is 4.32. The van der Waals surface area contributed by atoms with Gasteiger partial charge in [-0.25, -0.2) is 0 Å². The molecule has 1 aliphatic rings. The second-order valence-corrected chi connectivity index (χ2v) is 6.54. The van der Waals surface area contributed by atoms with Crippen molar-refractivity contribution >= 4 is 23.0 Å². The number of nitro benzene ring substituents is 1. The van der Waals surface area contributed by atoms with Crippen LogP contribution in [0.3, 0.4) is 0 Å². The van der Waals surface area contributed by atoms with Crippen molar-refractivity contribution in [2.75, 3.05) is 18.4 Å². The van der Waals surface area contributed by atoms with Gasteiger partial charge in [-0.3, -0.25) is 15.0 Å². The molecule has 6 heteroatoms. The Labute approximate surface area is 146 Å². The highest BCUT2D eigenvalue weighted by atomic mass is 35.5. The Morgan fingerprint density at radius 2 is 1.88 bits per heavy atom. The average molecular weight is 346 g/mol. The Bertz CT molecular complexity index is 701. The lowest BCUT2D eigenvalue weighted by atomic mass is 10.0. The quantitative estimate of drug-likeness (QED) is 0.647. The molecule has 2 aromatic rings. The standard InChI is InChI=1S/C18H20ClN3O2/c19-15-6-7-17(18(12-15)22(23)24)20-16-8-10-21(11-9-16)13-14-4-2-1-3-5-14/h1-7,12,16,20H,8-11,13H2. The maximum atomic E-state index is 11.2. The van der Waals surface area contributed by atoms with E-state index in [0.717, 1.165) is 32.5 Å². The highest BCUT2D eigenvalue weighted by Gasteiger charge is 2.22. The zero-order valence-electron chi connectivity index (χ0n) is 13.3. The van der Waals surface area contributed by atoms with E-state index < -0.39 is 4.92 Å². The van der Waals surface area contributed by atoms with Gasteiger partial charge >= 0.3 is 0 Å². The lowest BCUT2D eigenvalue weighted by Gasteiger charge is -2.32. The number of hydrogen-bond donors (Lipinski definition) is 1. The summed E-state index contributed by atoms with van der Waals surface area (Å²) in [4.78, 5) is 13.2. The second-order valence-electron chi connectivity index (χ2n) is 6.10. The molecular weight excluding hydrogens is 326 g/mol. The summed E-state index contributed by atoms with van der Waals surface area (Å²) in [5.41, 5.74) is 1.90. The summed E-state index contributed by atoms with van der Waals surface area (Å²) in [6, 6.07) is 15.4. The van der Waals surface area contributed by atoms with Crippen LogP contribution in [-0.4, -0.2) is 29.0 Å². The van der Waals surface area contributed by atoms with E-state index in [1.807, 2.05) is 6.07 Å². The highest BCUT2D eigenvalue weighted by molar-refractivity contribution is 6.30. The molecule has 1 aliphatic heterocycles. The van der Waals surface area contributed by atoms with Gasteiger partial charge in [0.2, 0.25) is 0 Å². The fourth-order valence-corrected chi connectivity index (χ4v) is 3.24. The number of rotatable bonds is 5. The third-order valence-electron chi connectivity index (χ3n) is 4.35. The number of hydrogen-bond acceptors (Lipinski definition) is 4. The van der Waals surface area contributed by atoms with E-state index >= 15 is 0 Å². The molecule has 0 amide bonds. The van der Waals surface area contributed by atoms with Gasteiger partial charge in [-0.2, -0.15) is 0 Å². The van der Waals surface area contributed by atoms with E-state index in [0.29, 0.717) is 10.7 Å². The summed E-state index contributed by atoms with van der Waals surface area (Å²) in [5.74, 6) is 0. The maximum absolute atomic E-state index is 11.2. The minimum atomic E-state index is -0.390. The third-order valence-corrected chi connectivity index (χ3v) is 4.59. The van der Waals surface area contributed by atoms with Crippen molar-refractivity contribution in [3.8, 4) is 0 Å². The lowest BCUT2D eigenvalue weighted by molar-refractivity contribution is -0.384. The molecule has 24 heavy (non-hydrogen) atoms. The van der Waals surface area contributed by atoms with Crippen LogP contribution in [0.5, 0.6) is 0 Å². The van der Waals surface area contributed by atoms with E-state index in [1.165, 1.54) is 11.6 Å². The zero-order valence-corrected chi connectivity index (χ0v) is 14.1. The molecule has 0 atom stereocenters. The van der Waals surface area contributed by atoms with Crippen molar-refractivity contribution < 1.29 is 4.92 Å². The van der Waals surface area contributed by atoms with Gasteiger partial charge in [0.05, 0.1) is 4.92 Å². The van der Waals surface area contributed by atoms with Crippen LogP contribution in [-0.2, 0) is 6.54 Å². The van der Waals surface area contributed by atoms with Crippen molar-refractivity contribution in [2.24, 2.45) is 0 Å². The number of halogens is 1. The van der Waals surface area contributed by atoms with Gasteiger partial charge in [-0.05, 0) is 30.5 Å². The molecule has 0 aliphatic carbocycles. The molecule has 0 bridgehead atoms. The molecule has 2 aromatic carbocycles. The Balaban J connectivity index is 1.57. The van der Waals surface area contributed by atoms with E-state index in [9.17, 15) is 10.1 Å². The second kappa shape index (κ2) is 7.64. The molecular formula is C18H20ClN3O2. The first-order chi connectivity index (χ1) is 11.6. The fraction of sp³-hybridized carbons (Fsp3) is 0.333. The van der Waals surface area contributed by atoms with Crippen LogP contribution in [0.15, 0.2) is 48.5 Å². The molecule has 0 saturated carbocycles. The van der Waals surface area contributed by atoms with Crippen molar-refractivity contribution in [3.63, 3.8) is 0 Å². The minimum absolute atomic E-state index is 0.0363. The first kappa shape index (κ1) is 16.7. The van der Waals surface area contributed by atoms with Crippen LogP contribution >= 0.6 is 11.6 Å². The lowest BCUT2D eigenvalue weighted by Crippen LogP contribution is -2.38. The van der Waals surface area contributed by atoms with Crippen molar-refractivity contribution in [1.82, 2.24) is 4.90 Å². The van der Waals surface area contributed by atoms with Gasteiger partial charge in [0, 0.05) is 36.8 Å². The predicted molar refractivity (Wildman–Crippen MR) is 96.5 cm³/mol. The first-order valence-corrected chi connectivity index (χ1v) is 8.46. The molecule has 0 unspecified atom stereocenters. The number of benzene rings is 2. The smallest absolute Gasteiger partial charge is 0.293 e. The van der Waals surface area contributed by atoms with E-state index in [2.05, 4.69) is 34.5 Å². The summed E-state index contributed by atoms with van der Waals surface area (Å²) in [5, 5.41) is 14.9. The molecule has 5 nitrogen and oxygen atoms in total. The van der Waals surface area contributed by atoms with Gasteiger partial charge in [0.25, 0.3) is 5.69 Å². The number of anilines is 1. The number of nitro groups is 1. The SMILES string of the molecule is O=[N+]([O-])c1cc(Cl)ccc1NC1CCN(Cc2ccccc2)CC1. The molecule has 1 heterocycles. The number of piperidine rings is 1. The largest absolute Gasteiger partial charge is 0.377 e. The van der Waals surface area contributed by atoms with Gasteiger partial charge < -0.3 is 5.32 Å². The Kier molecular flexibility index (Phi) is 5.33. The van der Waals surface area contributed by atoms with Crippen LogP contribution in [0.25, 0.3) is 0 Å². The van der Waals surface area contributed by atoms with Crippen molar-refractivity contribution in [1.29, 1.82) is 0 Å². The minimum Gasteiger partial charge on any atom is -0.377 e. The molecule has 0 radical (unpaired) electrons. The normalized spacial score (nSPS) is 16.0. The Morgan fingerprint density at radius 1 is 1.17 bits per heavy atom. The van der Waals surface area contributed by atoms with Crippen molar-refractivity contribution in [3.05, 3.63) is 69.2 Å². The van der Waals surface area contributed by atoms with Crippen LogP contribution in [0.4, 0.5) is 11.4 Å². The number of likely N-dealkylation sites (tertiary alicyclic amines) is 1. The van der Waals surface area contributed by atoms with Gasteiger partial charge in [-0.15, -0.1) is 0 Å². The fourth-order valence-electron chi connectivity index (χ4n) is 3.07. The summed E-state index contributed by atoms with van der Waals surface area (Å²) in [6.07, 6.45) is 1.93. The molecule has 1 N–H and O–H groups in total. The molecule has 1 fully saturated rings. The monoisotopic (exact) mass is 345 g/mol. The highest BCUT2D eigenvalue weighted by Crippen LogP contribution is 2.29. The summed E-state index contributed by atoms with van der Waals surface area (Å²) in [6.45, 7) is 2.91. The molecule has 0 aromatic heterocycles. The number of nitrogens with zero attached hydrogens (tertiary/aromatic N) is 2. The molecule has 0 spiro atoms. The molecule has 1 saturated heterocycles. The Hall–Kier alpha value is -2.11. The summed E-state index contributed by atoms with van der Waals surface area (Å²) >= 11 is 5.86. The van der Waals surface area contributed by atoms with Crippen LogP contribution in [0.1, 0.15) is 18.4 Å². The van der Waals surface area contributed by atoms with Crippen molar-refractivity contribution in [2.45, 2.75) is 25.4 Å². The molecule has 126 valence electrons. The topological polar surface area (TPSA) is 58.4 Å². The maximum Gasteiger partial charge on any atom is 0.293 e. The van der Waals surface area contributed by atoms with Gasteiger partial charge in [-0.1, -0.05) is 41.9 Å². The average Bonchev–Trinajstić information content (AvgIpc) is 2.59. The van der Waals surface area contributed by atoms with Crippen LogP contribution < -0.4 is 5.32 Å². The van der Waals surface area contributed by atoms with E-state index in [1.54, 1.807) is 12.1 Å². The third kappa shape index (κ3) is 4.24. The first-order valence-electron chi connectivity index (χ1n) is 8.08. The summed E-state index contributed by atoms with van der Waals surface area (Å²) in [7, 11) is 0. The van der Waals surface area contributed by atoms with Gasteiger partial charge in [0.1, 0.15) is 5.69 Å². The van der Waals surface area contributed by atoms with Crippen LogP contribution in [0, 0.1) is 10.1 Å². The zero-order chi connectivity index (χ0) is 16.9. The van der Waals surface area contributed by atoms with E-state index in [-0.39, 0.29) is 11.7 Å². The number of nitrogens with one attached hydrogen (secondary N) is 1. The Morgan fingerprint density at radius 3 is 2.54 bits per heavy atom. The van der Waals surface area contributed by atoms with E-state index in [4.69, 9.17) is 11.6 Å². The van der Waals surface area contributed by atoms with Gasteiger partial charge in [0.15, 0.2) is 0 Å².